The SMILES string of the molecule is CCCOc1ccc(-c2c(Cl)ncn2-c2ccc(CS(=O)[O-])cn2)cc1. The Hall–Kier alpha value is -2.22. The van der Waals surface area contributed by atoms with Crippen LogP contribution in [-0.2, 0) is 16.8 Å². The van der Waals surface area contributed by atoms with Crippen LogP contribution in [0.25, 0.3) is 17.1 Å². The molecule has 8 heteroatoms. The van der Waals surface area contributed by atoms with E-state index in [1.54, 1.807) is 23.0 Å². The van der Waals surface area contributed by atoms with E-state index < -0.39 is 11.1 Å². The lowest BCUT2D eigenvalue weighted by molar-refractivity contribution is 0.317. The zero-order valence-corrected chi connectivity index (χ0v) is 15.7. The number of rotatable bonds is 7. The van der Waals surface area contributed by atoms with Gasteiger partial charge in [0.2, 0.25) is 0 Å². The molecule has 0 aliphatic carbocycles. The molecule has 0 saturated heterocycles. The molecule has 26 heavy (non-hydrogen) atoms. The van der Waals surface area contributed by atoms with Gasteiger partial charge in [0, 0.05) is 17.5 Å². The monoisotopic (exact) mass is 390 g/mol. The Bertz CT molecular complexity index is 895. The molecule has 136 valence electrons. The zero-order chi connectivity index (χ0) is 18.5. The molecule has 1 aromatic carbocycles. The minimum Gasteiger partial charge on any atom is -0.772 e. The standard InChI is InChI=1S/C18H18ClN3O3S/c1-2-9-25-15-6-4-14(5-7-15)17-18(19)21-12-22(17)16-8-3-13(10-20-16)11-26(23)24/h3-8,10,12H,2,9,11H2,1H3,(H,23,24)/p-1. The van der Waals surface area contributed by atoms with Gasteiger partial charge in [-0.3, -0.25) is 8.78 Å². The smallest absolute Gasteiger partial charge is 0.155 e. The van der Waals surface area contributed by atoms with Crippen LogP contribution in [0.3, 0.4) is 0 Å². The number of halogens is 1. The second-order valence-electron chi connectivity index (χ2n) is 5.60. The first-order valence-electron chi connectivity index (χ1n) is 8.05. The molecule has 0 amide bonds. The molecule has 0 bridgehead atoms. The first-order chi connectivity index (χ1) is 12.6. The van der Waals surface area contributed by atoms with Crippen molar-refractivity contribution in [1.29, 1.82) is 0 Å². The van der Waals surface area contributed by atoms with E-state index in [9.17, 15) is 8.76 Å². The maximum absolute atomic E-state index is 10.8. The van der Waals surface area contributed by atoms with Gasteiger partial charge in [-0.15, -0.1) is 0 Å². The Morgan fingerprint density at radius 1 is 1.19 bits per heavy atom. The summed E-state index contributed by atoms with van der Waals surface area (Å²) in [5.74, 6) is 1.33. The molecule has 0 N–H and O–H groups in total. The molecular formula is C18H17ClN3O3S-. The van der Waals surface area contributed by atoms with Gasteiger partial charge in [-0.2, -0.15) is 0 Å². The number of imidazole rings is 1. The van der Waals surface area contributed by atoms with Crippen LogP contribution in [0.4, 0.5) is 0 Å². The van der Waals surface area contributed by atoms with Crippen LogP contribution in [0, 0.1) is 0 Å². The predicted molar refractivity (Wildman–Crippen MR) is 100 cm³/mol. The van der Waals surface area contributed by atoms with E-state index in [4.69, 9.17) is 16.3 Å². The molecule has 0 spiro atoms. The minimum absolute atomic E-state index is 0.0654. The molecule has 0 radical (unpaired) electrons. The summed E-state index contributed by atoms with van der Waals surface area (Å²) in [5, 5.41) is 0.360. The second-order valence-corrected chi connectivity index (χ2v) is 6.85. The van der Waals surface area contributed by atoms with Gasteiger partial charge in [-0.1, -0.05) is 35.7 Å². The Morgan fingerprint density at radius 2 is 1.96 bits per heavy atom. The largest absolute Gasteiger partial charge is 0.772 e. The summed E-state index contributed by atoms with van der Waals surface area (Å²) in [5.41, 5.74) is 2.21. The highest BCUT2D eigenvalue weighted by Gasteiger charge is 2.14. The maximum Gasteiger partial charge on any atom is 0.155 e. The van der Waals surface area contributed by atoms with Crippen molar-refractivity contribution in [2.24, 2.45) is 0 Å². The quantitative estimate of drug-likeness (QED) is 0.574. The van der Waals surface area contributed by atoms with Gasteiger partial charge in [-0.05, 0) is 42.3 Å². The van der Waals surface area contributed by atoms with E-state index >= 15 is 0 Å². The lowest BCUT2D eigenvalue weighted by Gasteiger charge is -2.10. The molecule has 3 rings (SSSR count). The molecular weight excluding hydrogens is 374 g/mol. The molecule has 0 aliphatic heterocycles. The van der Waals surface area contributed by atoms with Crippen molar-refractivity contribution < 1.29 is 13.5 Å². The Kier molecular flexibility index (Phi) is 6.03. The van der Waals surface area contributed by atoms with Crippen LogP contribution in [-0.4, -0.2) is 29.9 Å². The highest BCUT2D eigenvalue weighted by atomic mass is 35.5. The Balaban J connectivity index is 1.90. The van der Waals surface area contributed by atoms with Gasteiger partial charge < -0.3 is 9.29 Å². The summed E-state index contributed by atoms with van der Waals surface area (Å²) in [7, 11) is 0. The fraction of sp³-hybridized carbons (Fsp3) is 0.222. The average Bonchev–Trinajstić information content (AvgIpc) is 3.02. The number of benzene rings is 1. The third kappa shape index (κ3) is 4.30. The summed E-state index contributed by atoms with van der Waals surface area (Å²) >= 11 is 4.14. The highest BCUT2D eigenvalue weighted by molar-refractivity contribution is 7.78. The highest BCUT2D eigenvalue weighted by Crippen LogP contribution is 2.30. The number of hydrogen-bond donors (Lipinski definition) is 0. The molecule has 1 unspecified atom stereocenters. The normalized spacial score (nSPS) is 12.1. The average molecular weight is 391 g/mol. The van der Waals surface area contributed by atoms with Crippen molar-refractivity contribution in [3.63, 3.8) is 0 Å². The van der Waals surface area contributed by atoms with Crippen LogP contribution in [0.1, 0.15) is 18.9 Å². The maximum atomic E-state index is 10.8. The number of pyridine rings is 1. The van der Waals surface area contributed by atoms with E-state index in [1.165, 1.54) is 6.20 Å². The summed E-state index contributed by atoms with van der Waals surface area (Å²) in [6.07, 6.45) is 4.07. The number of ether oxygens (including phenoxy) is 1. The van der Waals surface area contributed by atoms with Gasteiger partial charge in [0.05, 0.1) is 12.3 Å². The van der Waals surface area contributed by atoms with Crippen LogP contribution < -0.4 is 4.74 Å². The lowest BCUT2D eigenvalue weighted by Crippen LogP contribution is -2.01. The van der Waals surface area contributed by atoms with E-state index in [1.807, 2.05) is 24.3 Å². The number of hydrogen-bond acceptors (Lipinski definition) is 5. The predicted octanol–water partition coefficient (Wildman–Crippen LogP) is 3.76. The van der Waals surface area contributed by atoms with Gasteiger partial charge in [0.15, 0.2) is 5.15 Å². The van der Waals surface area contributed by atoms with Gasteiger partial charge in [0.25, 0.3) is 0 Å². The van der Waals surface area contributed by atoms with Crippen molar-refractivity contribution in [2.45, 2.75) is 19.1 Å². The topological polar surface area (TPSA) is 80.1 Å². The molecule has 3 aromatic rings. The van der Waals surface area contributed by atoms with Gasteiger partial charge in [-0.25, -0.2) is 9.97 Å². The fourth-order valence-electron chi connectivity index (χ4n) is 2.47. The van der Waals surface area contributed by atoms with E-state index in [2.05, 4.69) is 16.9 Å². The van der Waals surface area contributed by atoms with Crippen molar-refractivity contribution in [1.82, 2.24) is 14.5 Å². The molecule has 1 atom stereocenters. The number of nitrogens with zero attached hydrogens (tertiary/aromatic N) is 3. The fourth-order valence-corrected chi connectivity index (χ4v) is 3.15. The molecule has 6 nitrogen and oxygen atoms in total. The summed E-state index contributed by atoms with van der Waals surface area (Å²) in [6, 6.07) is 11.1. The first-order valence-corrected chi connectivity index (χ1v) is 9.68. The third-order valence-electron chi connectivity index (χ3n) is 3.66. The number of aromatic nitrogens is 3. The van der Waals surface area contributed by atoms with Crippen LogP contribution in [0.15, 0.2) is 48.9 Å². The molecule has 2 heterocycles. The first kappa shape index (κ1) is 18.6. The van der Waals surface area contributed by atoms with Crippen LogP contribution >= 0.6 is 11.6 Å². The van der Waals surface area contributed by atoms with Crippen molar-refractivity contribution in [2.75, 3.05) is 6.61 Å². The molecule has 2 aromatic heterocycles. The van der Waals surface area contributed by atoms with E-state index in [0.29, 0.717) is 28.8 Å². The zero-order valence-electron chi connectivity index (χ0n) is 14.1. The van der Waals surface area contributed by atoms with E-state index in [0.717, 1.165) is 17.7 Å². The van der Waals surface area contributed by atoms with Gasteiger partial charge in [0.1, 0.15) is 17.9 Å². The van der Waals surface area contributed by atoms with E-state index in [-0.39, 0.29) is 5.75 Å². The molecule has 0 saturated carbocycles. The lowest BCUT2D eigenvalue weighted by atomic mass is 10.1. The Labute approximate surface area is 159 Å². The Morgan fingerprint density at radius 3 is 2.58 bits per heavy atom. The van der Waals surface area contributed by atoms with Crippen LogP contribution in [0.2, 0.25) is 5.15 Å². The minimum atomic E-state index is -2.14. The molecule has 0 aliphatic rings. The van der Waals surface area contributed by atoms with Crippen LogP contribution in [0.5, 0.6) is 5.75 Å². The summed E-state index contributed by atoms with van der Waals surface area (Å²) in [6.45, 7) is 2.72. The summed E-state index contributed by atoms with van der Waals surface area (Å²) < 4.78 is 28.9. The van der Waals surface area contributed by atoms with Crippen molar-refractivity contribution >= 4 is 22.7 Å². The van der Waals surface area contributed by atoms with Gasteiger partial charge >= 0.3 is 0 Å². The van der Waals surface area contributed by atoms with Crippen molar-refractivity contribution in [3.05, 3.63) is 59.6 Å². The summed E-state index contributed by atoms with van der Waals surface area (Å²) in [4.78, 5) is 8.50. The molecule has 0 fully saturated rings. The third-order valence-corrected chi connectivity index (χ3v) is 4.51. The second kappa shape index (κ2) is 8.44. The van der Waals surface area contributed by atoms with Crippen molar-refractivity contribution in [3.8, 4) is 22.8 Å².